The normalized spacial score (nSPS) is 13.0. The number of rotatable bonds is 8. The molecule has 1 aromatic carbocycles. The molecule has 2 heteroatoms. The number of nitrogens with zero attached hydrogens (tertiary/aromatic N) is 1. The van der Waals surface area contributed by atoms with Gasteiger partial charge in [0.1, 0.15) is 0 Å². The Balaban J connectivity index is 3.18. The minimum absolute atomic E-state index is 0.134. The summed E-state index contributed by atoms with van der Waals surface area (Å²) in [5, 5.41) is 0. The van der Waals surface area contributed by atoms with Gasteiger partial charge in [0.05, 0.1) is 0 Å². The number of benzene rings is 1. The standard InChI is InChI=1S/C18H32N2/c1-6-15(7-2)20(13-14(4)5)18-12-10-9-11-16(18)17(19)8-3/h9-12,14-15,17H,6-8,13,19H2,1-5H3. The van der Waals surface area contributed by atoms with Crippen molar-refractivity contribution in [2.24, 2.45) is 11.7 Å². The maximum absolute atomic E-state index is 6.32. The van der Waals surface area contributed by atoms with E-state index in [9.17, 15) is 0 Å². The first-order valence-electron chi connectivity index (χ1n) is 8.16. The second-order valence-electron chi connectivity index (χ2n) is 6.09. The van der Waals surface area contributed by atoms with Crippen LogP contribution < -0.4 is 10.6 Å². The molecule has 114 valence electrons. The quantitative estimate of drug-likeness (QED) is 0.742. The van der Waals surface area contributed by atoms with Crippen LogP contribution in [0.1, 0.15) is 65.5 Å². The van der Waals surface area contributed by atoms with Crippen LogP contribution in [0.5, 0.6) is 0 Å². The Bertz CT molecular complexity index is 383. The summed E-state index contributed by atoms with van der Waals surface area (Å²) in [7, 11) is 0. The van der Waals surface area contributed by atoms with Crippen LogP contribution in [0.2, 0.25) is 0 Å². The predicted octanol–water partition coefficient (Wildman–Crippen LogP) is 4.75. The van der Waals surface area contributed by atoms with Crippen molar-refractivity contribution in [3.63, 3.8) is 0 Å². The van der Waals surface area contributed by atoms with Crippen LogP contribution in [0.25, 0.3) is 0 Å². The fourth-order valence-corrected chi connectivity index (χ4v) is 2.85. The van der Waals surface area contributed by atoms with Gasteiger partial charge in [-0.3, -0.25) is 0 Å². The average molecular weight is 276 g/mol. The number of para-hydroxylation sites is 1. The molecule has 0 fully saturated rings. The van der Waals surface area contributed by atoms with Gasteiger partial charge in [-0.2, -0.15) is 0 Å². The van der Waals surface area contributed by atoms with Crippen molar-refractivity contribution in [2.45, 2.75) is 66.0 Å². The van der Waals surface area contributed by atoms with Gasteiger partial charge in [-0.25, -0.2) is 0 Å². The third-order valence-corrected chi connectivity index (χ3v) is 4.03. The van der Waals surface area contributed by atoms with Gasteiger partial charge >= 0.3 is 0 Å². The van der Waals surface area contributed by atoms with Crippen molar-refractivity contribution < 1.29 is 0 Å². The number of hydrogen-bond acceptors (Lipinski definition) is 2. The first-order chi connectivity index (χ1) is 9.54. The minimum Gasteiger partial charge on any atom is -0.368 e. The molecule has 20 heavy (non-hydrogen) atoms. The second-order valence-corrected chi connectivity index (χ2v) is 6.09. The molecule has 0 aliphatic rings. The highest BCUT2D eigenvalue weighted by Crippen LogP contribution is 2.30. The van der Waals surface area contributed by atoms with Crippen LogP contribution in [0.4, 0.5) is 5.69 Å². The first kappa shape index (κ1) is 17.0. The third-order valence-electron chi connectivity index (χ3n) is 4.03. The summed E-state index contributed by atoms with van der Waals surface area (Å²) in [6.07, 6.45) is 3.34. The van der Waals surface area contributed by atoms with E-state index < -0.39 is 0 Å². The van der Waals surface area contributed by atoms with Gasteiger partial charge in [-0.05, 0) is 36.8 Å². The van der Waals surface area contributed by atoms with E-state index in [1.807, 2.05) is 0 Å². The Kier molecular flexibility index (Phi) is 7.08. The predicted molar refractivity (Wildman–Crippen MR) is 90.2 cm³/mol. The van der Waals surface area contributed by atoms with Gasteiger partial charge in [-0.15, -0.1) is 0 Å². The van der Waals surface area contributed by atoms with Crippen LogP contribution in [0.15, 0.2) is 24.3 Å². The molecule has 0 aliphatic heterocycles. The smallest absolute Gasteiger partial charge is 0.0417 e. The van der Waals surface area contributed by atoms with E-state index in [-0.39, 0.29) is 6.04 Å². The molecule has 1 rings (SSSR count). The summed E-state index contributed by atoms with van der Waals surface area (Å²) in [5.74, 6) is 0.654. The summed E-state index contributed by atoms with van der Waals surface area (Å²) >= 11 is 0. The average Bonchev–Trinajstić information content (AvgIpc) is 2.46. The van der Waals surface area contributed by atoms with E-state index in [0.29, 0.717) is 12.0 Å². The lowest BCUT2D eigenvalue weighted by Gasteiger charge is -2.36. The summed E-state index contributed by atoms with van der Waals surface area (Å²) in [4.78, 5) is 2.58. The highest BCUT2D eigenvalue weighted by molar-refractivity contribution is 5.55. The molecular formula is C18H32N2. The highest BCUT2D eigenvalue weighted by atomic mass is 15.2. The number of anilines is 1. The molecule has 0 bridgehead atoms. The van der Waals surface area contributed by atoms with Gasteiger partial charge in [0.25, 0.3) is 0 Å². The maximum Gasteiger partial charge on any atom is 0.0417 e. The summed E-state index contributed by atoms with van der Waals surface area (Å²) in [6.45, 7) is 12.4. The van der Waals surface area contributed by atoms with Gasteiger partial charge < -0.3 is 10.6 Å². The molecule has 2 N–H and O–H groups in total. The summed E-state index contributed by atoms with van der Waals surface area (Å²) in [5.41, 5.74) is 8.95. The zero-order valence-electron chi connectivity index (χ0n) is 13.9. The van der Waals surface area contributed by atoms with Crippen molar-refractivity contribution in [3.8, 4) is 0 Å². The lowest BCUT2D eigenvalue weighted by Crippen LogP contribution is -2.38. The van der Waals surface area contributed by atoms with Crippen LogP contribution >= 0.6 is 0 Å². The molecule has 0 amide bonds. The Morgan fingerprint density at radius 2 is 1.60 bits per heavy atom. The molecule has 0 saturated carbocycles. The molecule has 2 nitrogen and oxygen atoms in total. The SMILES string of the molecule is CCC(N)c1ccccc1N(CC(C)C)C(CC)CC. The topological polar surface area (TPSA) is 29.3 Å². The molecule has 0 heterocycles. The lowest BCUT2D eigenvalue weighted by molar-refractivity contribution is 0.504. The van der Waals surface area contributed by atoms with Crippen LogP contribution in [0.3, 0.4) is 0 Å². The molecule has 0 aromatic heterocycles. The molecule has 0 aliphatic carbocycles. The van der Waals surface area contributed by atoms with E-state index in [2.05, 4.69) is 63.8 Å². The molecule has 0 radical (unpaired) electrons. The minimum atomic E-state index is 0.134. The highest BCUT2D eigenvalue weighted by Gasteiger charge is 2.21. The van der Waals surface area contributed by atoms with Crippen molar-refractivity contribution in [1.82, 2.24) is 0 Å². The van der Waals surface area contributed by atoms with Gasteiger partial charge in [0.15, 0.2) is 0 Å². The second kappa shape index (κ2) is 8.31. The number of nitrogens with two attached hydrogens (primary N) is 1. The molecule has 0 spiro atoms. The maximum atomic E-state index is 6.32. The summed E-state index contributed by atoms with van der Waals surface area (Å²) < 4.78 is 0. The van der Waals surface area contributed by atoms with Gasteiger partial charge in [-0.1, -0.05) is 52.8 Å². The fraction of sp³-hybridized carbons (Fsp3) is 0.667. The Morgan fingerprint density at radius 1 is 1.00 bits per heavy atom. The van der Waals surface area contributed by atoms with E-state index in [1.54, 1.807) is 0 Å². The summed E-state index contributed by atoms with van der Waals surface area (Å²) in [6, 6.07) is 9.41. The lowest BCUT2D eigenvalue weighted by atomic mass is 9.99. The van der Waals surface area contributed by atoms with Crippen molar-refractivity contribution in [3.05, 3.63) is 29.8 Å². The van der Waals surface area contributed by atoms with E-state index in [1.165, 1.54) is 24.1 Å². The Morgan fingerprint density at radius 3 is 2.10 bits per heavy atom. The van der Waals surface area contributed by atoms with Crippen molar-refractivity contribution in [2.75, 3.05) is 11.4 Å². The first-order valence-corrected chi connectivity index (χ1v) is 8.16. The third kappa shape index (κ3) is 4.24. The van der Waals surface area contributed by atoms with Crippen molar-refractivity contribution in [1.29, 1.82) is 0 Å². The fourth-order valence-electron chi connectivity index (χ4n) is 2.85. The molecule has 1 aromatic rings. The Labute approximate surface area is 125 Å². The monoisotopic (exact) mass is 276 g/mol. The van der Waals surface area contributed by atoms with E-state index in [0.717, 1.165) is 13.0 Å². The molecule has 1 unspecified atom stereocenters. The zero-order chi connectivity index (χ0) is 15.1. The van der Waals surface area contributed by atoms with E-state index >= 15 is 0 Å². The van der Waals surface area contributed by atoms with Crippen LogP contribution in [-0.4, -0.2) is 12.6 Å². The van der Waals surface area contributed by atoms with Gasteiger partial charge in [0, 0.05) is 24.3 Å². The Hall–Kier alpha value is -1.02. The molecule has 0 saturated heterocycles. The van der Waals surface area contributed by atoms with Crippen molar-refractivity contribution >= 4 is 5.69 Å². The number of hydrogen-bond donors (Lipinski definition) is 1. The van der Waals surface area contributed by atoms with Gasteiger partial charge in [0.2, 0.25) is 0 Å². The largest absolute Gasteiger partial charge is 0.368 e. The zero-order valence-corrected chi connectivity index (χ0v) is 13.9. The van der Waals surface area contributed by atoms with Crippen LogP contribution in [-0.2, 0) is 0 Å². The molecule has 1 atom stereocenters. The van der Waals surface area contributed by atoms with Crippen LogP contribution in [0, 0.1) is 5.92 Å². The molecular weight excluding hydrogens is 244 g/mol. The van der Waals surface area contributed by atoms with E-state index in [4.69, 9.17) is 5.73 Å².